The molecule has 1 aliphatic carbocycles. The molecule has 1 aliphatic heterocycles. The molecule has 3 aromatic rings. The Morgan fingerprint density at radius 1 is 1.24 bits per heavy atom. The smallest absolute Gasteiger partial charge is 0.260 e. The van der Waals surface area contributed by atoms with E-state index in [1.165, 1.54) is 20.9 Å². The van der Waals surface area contributed by atoms with Crippen LogP contribution in [0.1, 0.15) is 47.1 Å². The van der Waals surface area contributed by atoms with Crippen LogP contribution in [0.4, 0.5) is 0 Å². The highest BCUT2D eigenvalue weighted by atomic mass is 32.1. The number of nitrogens with one attached hydrogen (secondary N) is 2. The highest BCUT2D eigenvalue weighted by Gasteiger charge is 2.33. The second kappa shape index (κ2) is 7.46. The fourth-order valence-corrected chi connectivity index (χ4v) is 6.23. The molecule has 6 nitrogen and oxygen atoms in total. The topological polar surface area (TPSA) is 68.7 Å². The minimum atomic E-state index is 0.0292. The molecule has 0 spiro atoms. The standard InChI is InChI=1S/C22H25N3O3S/c1-27-13-8-9-14(17(11-13)28-2)16-6-4-10-25(16)12-19-23-21(26)20-15-5-3-7-18(15)29-22(20)24-19/h8-9,11,16H,3-7,10,12H2,1-2H3,(H,23,24,26)/p+1/t16-/m0/s1. The predicted molar refractivity (Wildman–Crippen MR) is 113 cm³/mol. The molecule has 0 amide bonds. The Hall–Kier alpha value is -2.38. The van der Waals surface area contributed by atoms with Crippen molar-refractivity contribution in [2.24, 2.45) is 0 Å². The number of methoxy groups -OCH3 is 2. The second-order valence-corrected chi connectivity index (χ2v) is 9.02. The Morgan fingerprint density at radius 3 is 2.97 bits per heavy atom. The van der Waals surface area contributed by atoms with Gasteiger partial charge in [0.25, 0.3) is 5.56 Å². The van der Waals surface area contributed by atoms with Gasteiger partial charge >= 0.3 is 0 Å². The van der Waals surface area contributed by atoms with Gasteiger partial charge in [0.2, 0.25) is 0 Å². The van der Waals surface area contributed by atoms with Crippen molar-refractivity contribution in [3.8, 4) is 11.5 Å². The van der Waals surface area contributed by atoms with Crippen LogP contribution in [0.25, 0.3) is 10.2 Å². The number of hydrogen-bond acceptors (Lipinski definition) is 5. The van der Waals surface area contributed by atoms with Gasteiger partial charge in [-0.1, -0.05) is 0 Å². The van der Waals surface area contributed by atoms with Crippen LogP contribution in [0, 0.1) is 0 Å². The Morgan fingerprint density at radius 2 is 2.14 bits per heavy atom. The van der Waals surface area contributed by atoms with E-state index in [1.807, 2.05) is 12.1 Å². The summed E-state index contributed by atoms with van der Waals surface area (Å²) in [6.45, 7) is 1.77. The van der Waals surface area contributed by atoms with Gasteiger partial charge < -0.3 is 19.4 Å². The number of thiophene rings is 1. The Balaban J connectivity index is 1.45. The lowest BCUT2D eigenvalue weighted by Crippen LogP contribution is -3.09. The molecular weight excluding hydrogens is 386 g/mol. The van der Waals surface area contributed by atoms with Crippen molar-refractivity contribution in [1.29, 1.82) is 0 Å². The van der Waals surface area contributed by atoms with Gasteiger partial charge in [0.1, 0.15) is 28.9 Å². The van der Waals surface area contributed by atoms with E-state index < -0.39 is 0 Å². The number of quaternary nitrogens is 1. The number of aromatic amines is 1. The summed E-state index contributed by atoms with van der Waals surface area (Å²) >= 11 is 1.71. The maximum absolute atomic E-state index is 12.8. The highest BCUT2D eigenvalue weighted by Crippen LogP contribution is 2.35. The van der Waals surface area contributed by atoms with Crippen LogP contribution in [0.15, 0.2) is 23.0 Å². The van der Waals surface area contributed by atoms with Crippen LogP contribution in [0.2, 0.25) is 0 Å². The molecule has 0 radical (unpaired) electrons. The number of nitrogens with zero attached hydrogens (tertiary/aromatic N) is 1. The third-order valence-electron chi connectivity index (χ3n) is 6.32. The number of rotatable bonds is 5. The van der Waals surface area contributed by atoms with Crippen LogP contribution >= 0.6 is 11.3 Å². The van der Waals surface area contributed by atoms with Crippen LogP contribution in [0.5, 0.6) is 11.5 Å². The van der Waals surface area contributed by atoms with Gasteiger partial charge in [-0.2, -0.15) is 0 Å². The zero-order valence-electron chi connectivity index (χ0n) is 16.8. The average Bonchev–Trinajstić information content (AvgIpc) is 3.43. The van der Waals surface area contributed by atoms with Crippen LogP contribution in [0.3, 0.4) is 0 Å². The summed E-state index contributed by atoms with van der Waals surface area (Å²) in [5.41, 5.74) is 2.46. The SMILES string of the molecule is COc1ccc([C@@H]2CCC[NH+]2Cc2nc3sc4c(c3c(=O)[nH]2)CCC4)c(OC)c1. The molecule has 2 atom stereocenters. The molecular formula is C22H26N3O3S+. The molecule has 0 bridgehead atoms. The molecule has 1 saturated heterocycles. The van der Waals surface area contributed by atoms with Crippen molar-refractivity contribution in [2.75, 3.05) is 20.8 Å². The number of H-pyrrole nitrogens is 1. The van der Waals surface area contributed by atoms with E-state index in [4.69, 9.17) is 14.5 Å². The molecule has 1 aromatic carbocycles. The first-order chi connectivity index (χ1) is 14.2. The molecule has 2 aromatic heterocycles. The average molecular weight is 413 g/mol. The van der Waals surface area contributed by atoms with Gasteiger partial charge in [-0.15, -0.1) is 11.3 Å². The molecule has 1 unspecified atom stereocenters. The molecule has 0 saturated carbocycles. The number of fused-ring (bicyclic) bond motifs is 3. The third kappa shape index (κ3) is 3.22. The summed E-state index contributed by atoms with van der Waals surface area (Å²) in [7, 11) is 3.37. The minimum absolute atomic E-state index is 0.0292. The Bertz CT molecular complexity index is 1120. The fraction of sp³-hybridized carbons (Fsp3) is 0.455. The van der Waals surface area contributed by atoms with E-state index in [2.05, 4.69) is 11.1 Å². The maximum Gasteiger partial charge on any atom is 0.260 e. The quantitative estimate of drug-likeness (QED) is 0.675. The van der Waals surface area contributed by atoms with E-state index in [-0.39, 0.29) is 5.56 Å². The van der Waals surface area contributed by atoms with Crippen LogP contribution in [-0.4, -0.2) is 30.7 Å². The van der Waals surface area contributed by atoms with Crippen molar-refractivity contribution < 1.29 is 14.4 Å². The largest absolute Gasteiger partial charge is 0.497 e. The van der Waals surface area contributed by atoms with Gasteiger partial charge in [0.05, 0.1) is 31.7 Å². The van der Waals surface area contributed by atoms with Crippen molar-refractivity contribution >= 4 is 21.6 Å². The molecule has 7 heteroatoms. The summed E-state index contributed by atoms with van der Waals surface area (Å²) in [5.74, 6) is 2.45. The fourth-order valence-electron chi connectivity index (χ4n) is 4.95. The lowest BCUT2D eigenvalue weighted by atomic mass is 10.0. The van der Waals surface area contributed by atoms with E-state index in [1.54, 1.807) is 25.6 Å². The molecule has 2 aliphatic rings. The number of aromatic nitrogens is 2. The highest BCUT2D eigenvalue weighted by molar-refractivity contribution is 7.18. The number of likely N-dealkylation sites (tertiary alicyclic amines) is 1. The summed E-state index contributed by atoms with van der Waals surface area (Å²) in [4.78, 5) is 24.4. The first-order valence-electron chi connectivity index (χ1n) is 10.3. The second-order valence-electron chi connectivity index (χ2n) is 7.94. The summed E-state index contributed by atoms with van der Waals surface area (Å²) < 4.78 is 11.0. The first kappa shape index (κ1) is 18.6. The monoisotopic (exact) mass is 412 g/mol. The lowest BCUT2D eigenvalue weighted by Gasteiger charge is -2.23. The van der Waals surface area contributed by atoms with Crippen molar-refractivity contribution in [3.63, 3.8) is 0 Å². The molecule has 1 fully saturated rings. The first-order valence-corrected chi connectivity index (χ1v) is 11.1. The molecule has 3 heterocycles. The molecule has 29 heavy (non-hydrogen) atoms. The summed E-state index contributed by atoms with van der Waals surface area (Å²) in [6, 6.07) is 6.37. The summed E-state index contributed by atoms with van der Waals surface area (Å²) in [6.07, 6.45) is 5.49. The van der Waals surface area contributed by atoms with E-state index in [9.17, 15) is 4.79 Å². The predicted octanol–water partition coefficient (Wildman–Crippen LogP) is 2.41. The summed E-state index contributed by atoms with van der Waals surface area (Å²) in [5, 5.41) is 0.830. The minimum Gasteiger partial charge on any atom is -0.497 e. The normalized spacial score (nSPS) is 20.9. The van der Waals surface area contributed by atoms with E-state index in [0.717, 1.165) is 66.2 Å². The van der Waals surface area contributed by atoms with E-state index in [0.29, 0.717) is 12.6 Å². The number of hydrogen-bond donors (Lipinski definition) is 2. The molecule has 2 N–H and O–H groups in total. The number of benzene rings is 1. The molecule has 5 rings (SSSR count). The maximum atomic E-state index is 12.8. The van der Waals surface area contributed by atoms with Gasteiger partial charge in [0.15, 0.2) is 5.82 Å². The Kier molecular flexibility index (Phi) is 4.80. The molecule has 152 valence electrons. The van der Waals surface area contributed by atoms with Gasteiger partial charge in [-0.3, -0.25) is 4.79 Å². The van der Waals surface area contributed by atoms with Crippen LogP contribution < -0.4 is 19.9 Å². The third-order valence-corrected chi connectivity index (χ3v) is 7.50. The van der Waals surface area contributed by atoms with Crippen molar-refractivity contribution in [3.05, 3.63) is 50.4 Å². The van der Waals surface area contributed by atoms with Gasteiger partial charge in [-0.25, -0.2) is 4.98 Å². The van der Waals surface area contributed by atoms with Crippen molar-refractivity contribution in [1.82, 2.24) is 9.97 Å². The number of ether oxygens (including phenoxy) is 2. The lowest BCUT2D eigenvalue weighted by molar-refractivity contribution is -0.932. The number of aryl methyl sites for hydroxylation is 2. The van der Waals surface area contributed by atoms with Gasteiger partial charge in [-0.05, 0) is 37.0 Å². The Labute approximate surface area is 173 Å². The van der Waals surface area contributed by atoms with Gasteiger partial charge in [0, 0.05) is 23.8 Å². The zero-order valence-corrected chi connectivity index (χ0v) is 17.7. The van der Waals surface area contributed by atoms with E-state index >= 15 is 0 Å². The zero-order chi connectivity index (χ0) is 20.0. The van der Waals surface area contributed by atoms with Crippen LogP contribution in [-0.2, 0) is 19.4 Å². The van der Waals surface area contributed by atoms with Crippen molar-refractivity contribution in [2.45, 2.75) is 44.7 Å².